The first-order chi connectivity index (χ1) is 15.8. The van der Waals surface area contributed by atoms with Gasteiger partial charge >= 0.3 is 0 Å². The Labute approximate surface area is 196 Å². The fourth-order valence-corrected chi connectivity index (χ4v) is 3.97. The molecule has 172 valence electrons. The minimum Gasteiger partial charge on any atom is -0.494 e. The average Bonchev–Trinajstić information content (AvgIpc) is 2.82. The molecule has 2 amide bonds. The number of carbonyl (C=O) groups is 2. The van der Waals surface area contributed by atoms with Crippen molar-refractivity contribution >= 4 is 39.1 Å². The van der Waals surface area contributed by atoms with Gasteiger partial charge in [-0.25, -0.2) is 8.42 Å². The number of rotatable bonds is 9. The van der Waals surface area contributed by atoms with E-state index in [1.54, 1.807) is 12.1 Å². The summed E-state index contributed by atoms with van der Waals surface area (Å²) in [6.07, 6.45) is 0.604. The number of nitrogens with one attached hydrogen (secondary N) is 3. The molecule has 33 heavy (non-hydrogen) atoms. The molecule has 0 aliphatic heterocycles. The van der Waals surface area contributed by atoms with Gasteiger partial charge in [-0.05, 0) is 61.0 Å². The quantitative estimate of drug-likeness (QED) is 0.314. The fraction of sp³-hybridized carbons (Fsp3) is 0.130. The Kier molecular flexibility index (Phi) is 8.28. The van der Waals surface area contributed by atoms with E-state index in [9.17, 15) is 18.0 Å². The summed E-state index contributed by atoms with van der Waals surface area (Å²) in [5.74, 6) is -0.327. The first-order valence-electron chi connectivity index (χ1n) is 9.99. The Morgan fingerprint density at radius 2 is 1.61 bits per heavy atom. The van der Waals surface area contributed by atoms with Crippen molar-refractivity contribution in [3.63, 3.8) is 0 Å². The van der Waals surface area contributed by atoms with Gasteiger partial charge in [0.25, 0.3) is 15.9 Å². The van der Waals surface area contributed by atoms with Crippen LogP contribution in [0.25, 0.3) is 0 Å². The maximum Gasteiger partial charge on any atom is 0.269 e. The maximum absolute atomic E-state index is 12.6. The average molecular weight is 488 g/mol. The van der Waals surface area contributed by atoms with Gasteiger partial charge in [0.1, 0.15) is 5.75 Å². The lowest BCUT2D eigenvalue weighted by Crippen LogP contribution is -2.41. The molecule has 0 saturated heterocycles. The van der Waals surface area contributed by atoms with Crippen molar-refractivity contribution in [2.45, 2.75) is 17.7 Å². The van der Waals surface area contributed by atoms with Crippen LogP contribution in [0.5, 0.6) is 5.75 Å². The summed E-state index contributed by atoms with van der Waals surface area (Å²) >= 11 is 5.81. The first kappa shape index (κ1) is 24.1. The summed E-state index contributed by atoms with van der Waals surface area (Å²) in [5.41, 5.74) is 5.00. The summed E-state index contributed by atoms with van der Waals surface area (Å²) in [7, 11) is -3.93. The molecule has 10 heteroatoms. The van der Waals surface area contributed by atoms with Gasteiger partial charge in [0, 0.05) is 22.7 Å². The number of para-hydroxylation sites is 1. The number of hydrogen-bond donors (Lipinski definition) is 3. The topological polar surface area (TPSA) is 114 Å². The first-order valence-corrected chi connectivity index (χ1v) is 11.8. The largest absolute Gasteiger partial charge is 0.494 e. The van der Waals surface area contributed by atoms with E-state index < -0.39 is 21.8 Å². The number of carbonyl (C=O) groups excluding carboxylic acids is 2. The Balaban J connectivity index is 1.49. The number of sulfonamides is 1. The van der Waals surface area contributed by atoms with Crippen molar-refractivity contribution in [1.29, 1.82) is 0 Å². The van der Waals surface area contributed by atoms with Gasteiger partial charge < -0.3 is 4.74 Å². The van der Waals surface area contributed by atoms with E-state index >= 15 is 0 Å². The number of hydrazine groups is 1. The molecule has 0 aliphatic carbocycles. The van der Waals surface area contributed by atoms with Crippen LogP contribution in [0.1, 0.15) is 23.2 Å². The Bertz CT molecular complexity index is 1200. The highest BCUT2D eigenvalue weighted by molar-refractivity contribution is 7.92. The van der Waals surface area contributed by atoms with Crippen LogP contribution in [0.2, 0.25) is 5.02 Å². The Morgan fingerprint density at radius 1 is 0.879 bits per heavy atom. The molecule has 0 atom stereocenters. The number of amides is 2. The molecule has 0 heterocycles. The van der Waals surface area contributed by atoms with Gasteiger partial charge in [-0.3, -0.25) is 25.2 Å². The summed E-state index contributed by atoms with van der Waals surface area (Å²) in [5, 5.41) is 0.474. The van der Waals surface area contributed by atoms with E-state index in [1.165, 1.54) is 36.4 Å². The summed E-state index contributed by atoms with van der Waals surface area (Å²) in [6.45, 7) is 0.353. The van der Waals surface area contributed by atoms with E-state index in [1.807, 2.05) is 30.3 Å². The minimum atomic E-state index is -3.93. The van der Waals surface area contributed by atoms with Crippen molar-refractivity contribution in [1.82, 2.24) is 10.9 Å². The summed E-state index contributed by atoms with van der Waals surface area (Å²) < 4.78 is 33.2. The fourth-order valence-electron chi connectivity index (χ4n) is 2.74. The number of benzene rings is 3. The lowest BCUT2D eigenvalue weighted by atomic mass is 10.2. The van der Waals surface area contributed by atoms with E-state index in [-0.39, 0.29) is 16.9 Å². The van der Waals surface area contributed by atoms with Crippen molar-refractivity contribution in [2.75, 3.05) is 11.3 Å². The Hall–Kier alpha value is -3.56. The highest BCUT2D eigenvalue weighted by Gasteiger charge is 2.17. The smallest absolute Gasteiger partial charge is 0.269 e. The highest BCUT2D eigenvalue weighted by Crippen LogP contribution is 2.19. The van der Waals surface area contributed by atoms with Gasteiger partial charge in [-0.1, -0.05) is 35.9 Å². The molecule has 0 saturated carbocycles. The molecule has 0 fully saturated rings. The van der Waals surface area contributed by atoms with Crippen molar-refractivity contribution in [3.05, 3.63) is 89.4 Å². The third-order valence-electron chi connectivity index (χ3n) is 4.38. The second kappa shape index (κ2) is 11.3. The summed E-state index contributed by atoms with van der Waals surface area (Å²) in [4.78, 5) is 24.2. The van der Waals surface area contributed by atoms with E-state index in [2.05, 4.69) is 15.6 Å². The Morgan fingerprint density at radius 3 is 2.33 bits per heavy atom. The van der Waals surface area contributed by atoms with Crippen LogP contribution in [0.3, 0.4) is 0 Å². The SMILES string of the molecule is O=C(CCCOc1ccccc1)NNC(=O)c1cccc(S(=O)(=O)Nc2ccc(Cl)cc2)c1. The van der Waals surface area contributed by atoms with Crippen molar-refractivity contribution in [3.8, 4) is 5.75 Å². The van der Waals surface area contributed by atoms with E-state index in [0.29, 0.717) is 29.5 Å². The normalized spacial score (nSPS) is 10.8. The molecular weight excluding hydrogens is 466 g/mol. The van der Waals surface area contributed by atoms with Crippen LogP contribution in [0, 0.1) is 0 Å². The number of hydrogen-bond acceptors (Lipinski definition) is 5. The van der Waals surface area contributed by atoms with Gasteiger partial charge in [0.15, 0.2) is 0 Å². The number of halogens is 1. The predicted molar refractivity (Wildman–Crippen MR) is 125 cm³/mol. The van der Waals surface area contributed by atoms with Crippen LogP contribution in [0.15, 0.2) is 83.8 Å². The second-order valence-corrected chi connectivity index (χ2v) is 9.03. The lowest BCUT2D eigenvalue weighted by Gasteiger charge is -2.11. The monoisotopic (exact) mass is 487 g/mol. The molecule has 3 N–H and O–H groups in total. The van der Waals surface area contributed by atoms with E-state index in [4.69, 9.17) is 16.3 Å². The third-order valence-corrected chi connectivity index (χ3v) is 6.01. The lowest BCUT2D eigenvalue weighted by molar-refractivity contribution is -0.122. The van der Waals surface area contributed by atoms with Crippen LogP contribution in [-0.2, 0) is 14.8 Å². The molecule has 8 nitrogen and oxygen atoms in total. The third kappa shape index (κ3) is 7.51. The molecule has 3 aromatic rings. The molecule has 3 rings (SSSR count). The van der Waals surface area contributed by atoms with E-state index in [0.717, 1.165) is 0 Å². The van der Waals surface area contributed by atoms with Gasteiger partial charge in [-0.2, -0.15) is 0 Å². The molecule has 0 aromatic heterocycles. The van der Waals surface area contributed by atoms with Gasteiger partial charge in [0.05, 0.1) is 11.5 Å². The zero-order chi connectivity index (χ0) is 23.7. The molecular formula is C23H22ClN3O5S. The number of ether oxygens (including phenoxy) is 1. The van der Waals surface area contributed by atoms with Crippen LogP contribution in [0.4, 0.5) is 5.69 Å². The summed E-state index contributed by atoms with van der Waals surface area (Å²) in [6, 6.07) is 20.8. The molecule has 0 spiro atoms. The maximum atomic E-state index is 12.6. The van der Waals surface area contributed by atoms with Crippen LogP contribution in [-0.4, -0.2) is 26.8 Å². The second-order valence-electron chi connectivity index (χ2n) is 6.91. The standard InChI is InChI=1S/C23H22ClN3O5S/c24-18-11-13-19(14-12-18)27-33(30,31)21-9-4-6-17(16-21)23(29)26-25-22(28)10-5-15-32-20-7-2-1-3-8-20/h1-4,6-9,11-14,16,27H,5,10,15H2,(H,25,28)(H,26,29). The predicted octanol–water partition coefficient (Wildman–Crippen LogP) is 3.76. The molecule has 0 aliphatic rings. The van der Waals surface area contributed by atoms with Gasteiger partial charge in [-0.15, -0.1) is 0 Å². The highest BCUT2D eigenvalue weighted by atomic mass is 35.5. The van der Waals surface area contributed by atoms with Crippen molar-refractivity contribution < 1.29 is 22.7 Å². The zero-order valence-corrected chi connectivity index (χ0v) is 19.0. The van der Waals surface area contributed by atoms with Crippen LogP contribution < -0.4 is 20.3 Å². The molecule has 3 aromatic carbocycles. The molecule has 0 unspecified atom stereocenters. The van der Waals surface area contributed by atoms with Crippen LogP contribution >= 0.6 is 11.6 Å². The minimum absolute atomic E-state index is 0.0710. The number of anilines is 1. The molecule has 0 radical (unpaired) electrons. The molecule has 0 bridgehead atoms. The van der Waals surface area contributed by atoms with Gasteiger partial charge in [0.2, 0.25) is 5.91 Å². The van der Waals surface area contributed by atoms with Crippen molar-refractivity contribution in [2.24, 2.45) is 0 Å². The zero-order valence-electron chi connectivity index (χ0n) is 17.5.